The van der Waals surface area contributed by atoms with E-state index < -0.39 is 0 Å². The van der Waals surface area contributed by atoms with E-state index in [-0.39, 0.29) is 13.4 Å². The molecule has 0 saturated heterocycles. The van der Waals surface area contributed by atoms with Crippen molar-refractivity contribution >= 4 is 84.2 Å². The first kappa shape index (κ1) is 25.3. The van der Waals surface area contributed by atoms with Crippen LogP contribution in [0.4, 0.5) is 5.69 Å². The molecule has 0 amide bonds. The fraction of sp³-hybridized carbons (Fsp3) is 0. The van der Waals surface area contributed by atoms with Gasteiger partial charge < -0.3 is 0 Å². The van der Waals surface area contributed by atoms with Gasteiger partial charge in [0.25, 0.3) is 0 Å². The second-order valence-electron chi connectivity index (χ2n) is 12.5. The number of hydrogen-bond acceptors (Lipinski definition) is 1. The van der Waals surface area contributed by atoms with Crippen LogP contribution < -0.4 is 32.8 Å². The maximum Gasteiger partial charge on any atom is 0.243 e. The smallest absolute Gasteiger partial charge is 0.238 e. The summed E-state index contributed by atoms with van der Waals surface area (Å²) in [5.74, 6) is 0. The fourth-order valence-electron chi connectivity index (χ4n) is 8.67. The first-order chi connectivity index (χ1) is 22.8. The SMILES string of the molecule is [C-]#[N+]c1cc(B2c3ccccc3-c3ccccc32)c2ccc3c(B4c5ccccc5-c5ccccc54)cc(C#N)c4ccc1c2c43. The highest BCUT2D eigenvalue weighted by molar-refractivity contribution is 7.01. The Morgan fingerprint density at radius 1 is 0.457 bits per heavy atom. The molecular formula is C42H22B2N2. The molecule has 0 aromatic heterocycles. The van der Waals surface area contributed by atoms with Crippen molar-refractivity contribution in [3.05, 3.63) is 150 Å². The van der Waals surface area contributed by atoms with Crippen molar-refractivity contribution in [3.8, 4) is 28.3 Å². The van der Waals surface area contributed by atoms with Gasteiger partial charge in [0.05, 0.1) is 18.2 Å². The third-order valence-electron chi connectivity index (χ3n) is 10.5. The fourth-order valence-corrected chi connectivity index (χ4v) is 8.67. The molecule has 2 aliphatic heterocycles. The van der Waals surface area contributed by atoms with E-state index in [1.807, 2.05) is 0 Å². The van der Waals surface area contributed by atoms with Crippen molar-refractivity contribution in [3.63, 3.8) is 0 Å². The summed E-state index contributed by atoms with van der Waals surface area (Å²) in [6.45, 7) is 8.33. The largest absolute Gasteiger partial charge is 0.243 e. The Balaban J connectivity index is 1.34. The average Bonchev–Trinajstić information content (AvgIpc) is 3.63. The van der Waals surface area contributed by atoms with Gasteiger partial charge >= 0.3 is 0 Å². The van der Waals surface area contributed by atoms with E-state index in [0.717, 1.165) is 43.2 Å². The van der Waals surface area contributed by atoms with Gasteiger partial charge in [-0.1, -0.05) is 160 Å². The maximum absolute atomic E-state index is 10.6. The van der Waals surface area contributed by atoms with Gasteiger partial charge in [0.1, 0.15) is 0 Å². The molecule has 0 radical (unpaired) electrons. The van der Waals surface area contributed by atoms with Gasteiger partial charge in [-0.05, 0) is 55.3 Å². The highest BCUT2D eigenvalue weighted by Crippen LogP contribution is 2.40. The van der Waals surface area contributed by atoms with Gasteiger partial charge in [0.15, 0.2) is 5.69 Å². The van der Waals surface area contributed by atoms with E-state index >= 15 is 0 Å². The molecule has 46 heavy (non-hydrogen) atoms. The van der Waals surface area contributed by atoms with Crippen LogP contribution in [0, 0.1) is 17.9 Å². The normalized spacial score (nSPS) is 12.7. The summed E-state index contributed by atoms with van der Waals surface area (Å²) in [5.41, 5.74) is 13.7. The lowest BCUT2D eigenvalue weighted by molar-refractivity contribution is 1.51. The molecule has 206 valence electrons. The molecule has 0 N–H and O–H groups in total. The minimum Gasteiger partial charge on any atom is -0.238 e. The van der Waals surface area contributed by atoms with Crippen LogP contribution in [0.5, 0.6) is 0 Å². The maximum atomic E-state index is 10.6. The molecule has 4 heteroatoms. The van der Waals surface area contributed by atoms with Crippen LogP contribution in [0.25, 0.3) is 59.4 Å². The van der Waals surface area contributed by atoms with Gasteiger partial charge in [-0.2, -0.15) is 5.26 Å². The van der Waals surface area contributed by atoms with Crippen LogP contribution in [-0.4, -0.2) is 13.4 Å². The predicted octanol–water partition coefficient (Wildman–Crippen LogP) is 6.00. The molecule has 2 aliphatic rings. The lowest BCUT2D eigenvalue weighted by atomic mass is 9.37. The highest BCUT2D eigenvalue weighted by Gasteiger charge is 2.37. The number of nitriles is 1. The Kier molecular flexibility index (Phi) is 5.06. The van der Waals surface area contributed by atoms with Crippen LogP contribution in [0.2, 0.25) is 0 Å². The molecule has 10 rings (SSSR count). The predicted molar refractivity (Wildman–Crippen MR) is 194 cm³/mol. The minimum absolute atomic E-state index is 0.0115. The Morgan fingerprint density at radius 2 is 0.848 bits per heavy atom. The third kappa shape index (κ3) is 3.16. The molecule has 2 heterocycles. The third-order valence-corrected chi connectivity index (χ3v) is 10.5. The van der Waals surface area contributed by atoms with E-state index in [0.29, 0.717) is 11.3 Å². The van der Waals surface area contributed by atoms with Crippen LogP contribution in [0.15, 0.2) is 133 Å². The number of nitrogens with zero attached hydrogens (tertiary/aromatic N) is 2. The van der Waals surface area contributed by atoms with E-state index in [1.54, 1.807) is 0 Å². The molecular weight excluding hydrogens is 554 g/mol. The molecule has 0 fully saturated rings. The summed E-state index contributed by atoms with van der Waals surface area (Å²) in [5, 5.41) is 16.9. The van der Waals surface area contributed by atoms with E-state index in [4.69, 9.17) is 6.57 Å². The monoisotopic (exact) mass is 576 g/mol. The summed E-state index contributed by atoms with van der Waals surface area (Å²) in [4.78, 5) is 4.11. The number of benzene rings is 8. The van der Waals surface area contributed by atoms with Gasteiger partial charge in [-0.25, -0.2) is 4.85 Å². The first-order valence-corrected chi connectivity index (χ1v) is 15.7. The molecule has 8 aromatic carbocycles. The topological polar surface area (TPSA) is 28.1 Å². The second-order valence-corrected chi connectivity index (χ2v) is 12.5. The quantitative estimate of drug-likeness (QED) is 0.141. The van der Waals surface area contributed by atoms with Crippen molar-refractivity contribution in [2.75, 3.05) is 0 Å². The Hall–Kier alpha value is -6.09. The van der Waals surface area contributed by atoms with Crippen LogP contribution in [0.1, 0.15) is 5.56 Å². The highest BCUT2D eigenvalue weighted by atomic mass is 14.6. The zero-order valence-electron chi connectivity index (χ0n) is 24.8. The van der Waals surface area contributed by atoms with Crippen LogP contribution >= 0.6 is 0 Å². The van der Waals surface area contributed by atoms with Gasteiger partial charge in [0.2, 0.25) is 13.4 Å². The summed E-state index contributed by atoms with van der Waals surface area (Å²) < 4.78 is 0. The summed E-state index contributed by atoms with van der Waals surface area (Å²) in [7, 11) is 0. The zero-order chi connectivity index (χ0) is 30.5. The van der Waals surface area contributed by atoms with Crippen LogP contribution in [0.3, 0.4) is 0 Å². The van der Waals surface area contributed by atoms with Gasteiger partial charge in [-0.15, -0.1) is 0 Å². The van der Waals surface area contributed by atoms with Crippen LogP contribution in [-0.2, 0) is 0 Å². The number of rotatable bonds is 2. The Bertz CT molecular complexity index is 2420. The molecule has 0 bridgehead atoms. The zero-order valence-corrected chi connectivity index (χ0v) is 24.8. The minimum atomic E-state index is 0.0115. The molecule has 0 spiro atoms. The Morgan fingerprint density at radius 3 is 1.30 bits per heavy atom. The van der Waals surface area contributed by atoms with E-state index in [9.17, 15) is 5.26 Å². The molecule has 0 unspecified atom stereocenters. The van der Waals surface area contributed by atoms with E-state index in [1.165, 1.54) is 44.1 Å². The molecule has 0 atom stereocenters. The van der Waals surface area contributed by atoms with Crippen molar-refractivity contribution < 1.29 is 0 Å². The van der Waals surface area contributed by atoms with Gasteiger partial charge in [-0.3, -0.25) is 0 Å². The average molecular weight is 576 g/mol. The summed E-state index contributed by atoms with van der Waals surface area (Å²) >= 11 is 0. The summed E-state index contributed by atoms with van der Waals surface area (Å²) in [6, 6.07) is 50.1. The first-order valence-electron chi connectivity index (χ1n) is 15.7. The summed E-state index contributed by atoms with van der Waals surface area (Å²) in [6.07, 6.45) is 0. The number of hydrogen-bond donors (Lipinski definition) is 0. The molecule has 0 saturated carbocycles. The van der Waals surface area contributed by atoms with Crippen molar-refractivity contribution in [2.45, 2.75) is 0 Å². The Labute approximate surface area is 267 Å². The second kappa shape index (κ2) is 9.21. The number of fused-ring (bicyclic) bond motifs is 6. The van der Waals surface area contributed by atoms with Crippen molar-refractivity contribution in [2.24, 2.45) is 0 Å². The lowest BCUT2D eigenvalue weighted by Gasteiger charge is -2.22. The standard InChI is InChI=1S/C42H22B2N2/c1-46-40-23-39(44-36-16-8-4-12-29(36)30-13-5-9-17-37(30)44)32-20-19-31-38(22-25(24-45)26-18-21-33(40)42(32)41(26)31)43-34-14-6-2-10-27(34)28-11-3-7-15-35(28)43/h2-23H. The lowest BCUT2D eigenvalue weighted by Crippen LogP contribution is -2.49. The molecule has 2 nitrogen and oxygen atoms in total. The van der Waals surface area contributed by atoms with Crippen molar-refractivity contribution in [1.29, 1.82) is 5.26 Å². The molecule has 8 aromatic rings. The van der Waals surface area contributed by atoms with Crippen molar-refractivity contribution in [1.82, 2.24) is 0 Å². The van der Waals surface area contributed by atoms with E-state index in [2.05, 4.69) is 144 Å². The van der Waals surface area contributed by atoms with Gasteiger partial charge in [0, 0.05) is 5.39 Å². The molecule has 0 aliphatic carbocycles.